The van der Waals surface area contributed by atoms with E-state index in [1.807, 2.05) is 0 Å². The normalized spacial score (nSPS) is 11.5. The molecule has 19 aromatic carbocycles. The van der Waals surface area contributed by atoms with Gasteiger partial charge < -0.3 is 28.4 Å². The number of fused-ring (bicyclic) bond motifs is 10. The molecule has 0 saturated heterocycles. The van der Waals surface area contributed by atoms with Crippen molar-refractivity contribution in [2.24, 2.45) is 0 Å². The van der Waals surface area contributed by atoms with Crippen LogP contribution in [0.2, 0.25) is 0 Å². The van der Waals surface area contributed by atoms with E-state index in [-0.39, 0.29) is 0 Å². The summed E-state index contributed by atoms with van der Waals surface area (Å²) in [5, 5.41) is 8.12. The molecule has 23 aromatic rings. The molecule has 0 atom stereocenters. The van der Waals surface area contributed by atoms with Gasteiger partial charge in [0.2, 0.25) is 0 Å². The highest BCUT2D eigenvalue weighted by molar-refractivity contribution is 6.13. The summed E-state index contributed by atoms with van der Waals surface area (Å²) >= 11 is 0. The lowest BCUT2D eigenvalue weighted by atomic mass is 9.99. The van der Waals surface area contributed by atoms with Gasteiger partial charge in [0.05, 0.1) is 44.3 Å². The molecule has 0 amide bonds. The van der Waals surface area contributed by atoms with Crippen LogP contribution in [-0.4, -0.2) is 23.7 Å². The minimum absolute atomic E-state index is 0.645. The average molecular weight is 1580 g/mol. The average Bonchev–Trinajstić information content (AvgIpc) is 1.60. The van der Waals surface area contributed by atoms with Crippen LogP contribution in [0.3, 0.4) is 0 Å². The van der Waals surface area contributed by atoms with E-state index in [0.717, 1.165) is 174 Å². The number of hydrogen-bond donors (Lipinski definition) is 0. The Morgan fingerprint density at radius 3 is 0.685 bits per heavy atom. The molecule has 0 radical (unpaired) electrons. The summed E-state index contributed by atoms with van der Waals surface area (Å²) in [6.45, 7) is 0. The van der Waals surface area contributed by atoms with Crippen molar-refractivity contribution >= 4 is 128 Å². The molecule has 124 heavy (non-hydrogen) atoms. The van der Waals surface area contributed by atoms with E-state index in [0.29, 0.717) is 5.82 Å². The Kier molecular flexibility index (Phi) is 18.1. The molecular formula is C116H78N8. The maximum absolute atomic E-state index is 5.66. The Hall–Kier alpha value is -16.7. The number of benzene rings is 19. The second kappa shape index (κ2) is 30.9. The molecule has 582 valence electrons. The van der Waals surface area contributed by atoms with Gasteiger partial charge in [-0.15, -0.1) is 0 Å². The predicted molar refractivity (Wildman–Crippen MR) is 519 cm³/mol. The lowest BCUT2D eigenvalue weighted by Gasteiger charge is -2.25. The van der Waals surface area contributed by atoms with E-state index in [1.165, 1.54) is 32.3 Å². The Morgan fingerprint density at radius 1 is 0.153 bits per heavy atom. The van der Waals surface area contributed by atoms with Crippen molar-refractivity contribution < 1.29 is 0 Å². The van der Waals surface area contributed by atoms with Crippen molar-refractivity contribution in [1.29, 1.82) is 0 Å². The number of hydrogen-bond acceptors (Lipinski definition) is 5. The van der Waals surface area contributed by atoms with E-state index >= 15 is 0 Å². The smallest absolute Gasteiger partial charge is 0.160 e. The summed E-state index contributed by atoms with van der Waals surface area (Å²) in [5.74, 6) is 0.645. The molecule has 4 heterocycles. The molecule has 0 bridgehead atoms. The van der Waals surface area contributed by atoms with Gasteiger partial charge in [-0.2, -0.15) is 0 Å². The zero-order chi connectivity index (χ0) is 82.0. The number of rotatable bonds is 18. The van der Waals surface area contributed by atoms with E-state index in [4.69, 9.17) is 9.97 Å². The van der Waals surface area contributed by atoms with Gasteiger partial charge in [0.15, 0.2) is 5.82 Å². The van der Waals surface area contributed by atoms with E-state index in [2.05, 4.69) is 502 Å². The van der Waals surface area contributed by atoms with Crippen LogP contribution in [0.25, 0.3) is 161 Å². The highest BCUT2D eigenvalue weighted by Gasteiger charge is 2.23. The Bertz CT molecular complexity index is 7770. The van der Waals surface area contributed by atoms with Crippen LogP contribution in [0.15, 0.2) is 473 Å². The largest absolute Gasteiger partial charge is 0.311 e. The monoisotopic (exact) mass is 1580 g/mol. The summed E-state index contributed by atoms with van der Waals surface area (Å²) in [6, 6.07) is 171. The molecule has 0 saturated carbocycles. The standard InChI is InChI=1S/C116H78N8/c1-7-25-89(26-8-1)119(90-27-9-2-10-28-90)95-59-43-80(44-60-95)86-56-72-112-104(75-86)101-37-19-22-40-109(101)122(112)98-65-49-79(50-66-98)85-55-71-108-107(78-85)115(83-51-67-99(68-52-83)123-110-41-23-20-38-102(110)105-76-87(57-73-113(105)123)81-45-61-96(62-46-81)120(91-29-11-3-12-30-91)92-31-13-4-14-32-92)118-116(117-108)84-53-69-100(70-54-84)124-111-42-24-21-39-103(111)106-77-88(58-74-114(106)124)82-47-63-97(64-48-82)121(93-33-15-5-16-34-93)94-35-17-6-18-36-94/h1-78H. The van der Waals surface area contributed by atoms with Gasteiger partial charge in [-0.05, 0) is 269 Å². The number of nitrogens with zero attached hydrogens (tertiary/aromatic N) is 8. The van der Waals surface area contributed by atoms with Crippen molar-refractivity contribution in [3.8, 4) is 84.2 Å². The molecule has 0 N–H and O–H groups in total. The highest BCUT2D eigenvalue weighted by Crippen LogP contribution is 2.45. The van der Waals surface area contributed by atoms with Crippen LogP contribution >= 0.6 is 0 Å². The van der Waals surface area contributed by atoms with Crippen LogP contribution in [0.1, 0.15) is 0 Å². The van der Waals surface area contributed by atoms with Crippen LogP contribution < -0.4 is 14.7 Å². The van der Waals surface area contributed by atoms with Gasteiger partial charge in [-0.25, -0.2) is 9.97 Å². The van der Waals surface area contributed by atoms with Crippen LogP contribution in [0.4, 0.5) is 51.2 Å². The van der Waals surface area contributed by atoms with Gasteiger partial charge in [0, 0.05) is 117 Å². The van der Waals surface area contributed by atoms with Crippen LogP contribution in [-0.2, 0) is 0 Å². The molecule has 23 rings (SSSR count). The van der Waals surface area contributed by atoms with E-state index in [1.54, 1.807) is 0 Å². The fourth-order valence-corrected chi connectivity index (χ4v) is 18.5. The van der Waals surface area contributed by atoms with Crippen LogP contribution in [0.5, 0.6) is 0 Å². The van der Waals surface area contributed by atoms with E-state index in [9.17, 15) is 0 Å². The number of aromatic nitrogens is 5. The zero-order valence-electron chi connectivity index (χ0n) is 67.6. The maximum atomic E-state index is 5.66. The third-order valence-electron chi connectivity index (χ3n) is 24.4. The van der Waals surface area contributed by atoms with Crippen molar-refractivity contribution in [1.82, 2.24) is 23.7 Å². The SMILES string of the molecule is c1ccc(N(c2ccccc2)c2ccc(-c3ccc4c(c3)c3ccccc3n4-c3ccc(-c4ccc5nc(-c6ccc(-n7c8ccccc8c8cc(-c9ccc(N(c%10ccccc%10)c%10ccccc%10)cc9)ccc87)cc6)nc(-c6ccc(-n7c8ccccc8c8cc(-c9ccc(N(c%10ccccc%10)c%10ccccc%10)cc9)ccc87)cc6)c5c4)cc3)cc2)cc1. The summed E-state index contributed by atoms with van der Waals surface area (Å²) in [6.07, 6.45) is 0. The molecule has 0 fully saturated rings. The minimum atomic E-state index is 0.645. The summed E-state index contributed by atoms with van der Waals surface area (Å²) < 4.78 is 7.18. The molecule has 4 aromatic heterocycles. The lowest BCUT2D eigenvalue weighted by molar-refractivity contribution is 1.17. The van der Waals surface area contributed by atoms with Crippen LogP contribution in [0, 0.1) is 0 Å². The molecular weight excluding hydrogens is 1510 g/mol. The second-order valence-electron chi connectivity index (χ2n) is 31.7. The highest BCUT2D eigenvalue weighted by atomic mass is 15.2. The second-order valence-corrected chi connectivity index (χ2v) is 31.7. The molecule has 0 unspecified atom stereocenters. The predicted octanol–water partition coefficient (Wildman–Crippen LogP) is 31.3. The van der Waals surface area contributed by atoms with Crippen molar-refractivity contribution in [2.75, 3.05) is 14.7 Å². The summed E-state index contributed by atoms with van der Waals surface area (Å²) in [4.78, 5) is 18.0. The summed E-state index contributed by atoms with van der Waals surface area (Å²) in [5.41, 5.74) is 32.6. The number of anilines is 9. The van der Waals surface area contributed by atoms with Crippen molar-refractivity contribution in [2.45, 2.75) is 0 Å². The van der Waals surface area contributed by atoms with Crippen molar-refractivity contribution in [3.63, 3.8) is 0 Å². The van der Waals surface area contributed by atoms with Gasteiger partial charge in [0.1, 0.15) is 0 Å². The van der Waals surface area contributed by atoms with Gasteiger partial charge >= 0.3 is 0 Å². The minimum Gasteiger partial charge on any atom is -0.311 e. The lowest BCUT2D eigenvalue weighted by Crippen LogP contribution is -2.09. The van der Waals surface area contributed by atoms with Gasteiger partial charge in [-0.1, -0.05) is 249 Å². The fourth-order valence-electron chi connectivity index (χ4n) is 18.5. The topological polar surface area (TPSA) is 50.3 Å². The third-order valence-corrected chi connectivity index (χ3v) is 24.4. The quantitative estimate of drug-likeness (QED) is 0.0857. The zero-order valence-corrected chi connectivity index (χ0v) is 67.6. The molecule has 0 aliphatic rings. The maximum Gasteiger partial charge on any atom is 0.160 e. The molecule has 0 aliphatic heterocycles. The fraction of sp³-hybridized carbons (Fsp3) is 0. The Labute approximate surface area is 718 Å². The summed E-state index contributed by atoms with van der Waals surface area (Å²) in [7, 11) is 0. The molecule has 8 heteroatoms. The van der Waals surface area contributed by atoms with Gasteiger partial charge in [0.25, 0.3) is 0 Å². The first-order chi connectivity index (χ1) is 61.5. The molecule has 8 nitrogen and oxygen atoms in total. The van der Waals surface area contributed by atoms with Crippen molar-refractivity contribution in [3.05, 3.63) is 473 Å². The van der Waals surface area contributed by atoms with E-state index < -0.39 is 0 Å². The molecule has 0 aliphatic carbocycles. The first-order valence-electron chi connectivity index (χ1n) is 42.2. The van der Waals surface area contributed by atoms with Gasteiger partial charge in [-0.3, -0.25) is 0 Å². The number of para-hydroxylation sites is 9. The first-order valence-corrected chi connectivity index (χ1v) is 42.2. The first kappa shape index (κ1) is 72.5. The third kappa shape index (κ3) is 13.1. The molecule has 0 spiro atoms. The Morgan fingerprint density at radius 2 is 0.379 bits per heavy atom. The Balaban J connectivity index is 0.589.